The summed E-state index contributed by atoms with van der Waals surface area (Å²) >= 11 is 0. The van der Waals surface area contributed by atoms with E-state index in [1.807, 2.05) is 0 Å². The number of rotatable bonds is 8. The summed E-state index contributed by atoms with van der Waals surface area (Å²) in [5.41, 5.74) is 1.20. The molecule has 0 bridgehead atoms. The predicted molar refractivity (Wildman–Crippen MR) is 128 cm³/mol. The number of carbonyl (C=O) groups excluding carboxylic acids is 3. The molecule has 0 spiro atoms. The van der Waals surface area contributed by atoms with Gasteiger partial charge in [-0.1, -0.05) is 0 Å². The largest absolute Gasteiger partial charge is 0.444 e. The van der Waals surface area contributed by atoms with Crippen LogP contribution in [0.5, 0.6) is 0 Å². The Hall–Kier alpha value is -3.90. The van der Waals surface area contributed by atoms with Crippen LogP contribution < -0.4 is 9.80 Å². The molecule has 11 nitrogen and oxygen atoms in total. The molecule has 0 aliphatic carbocycles. The van der Waals surface area contributed by atoms with E-state index in [0.717, 1.165) is 5.01 Å². The van der Waals surface area contributed by atoms with Crippen LogP contribution in [0.2, 0.25) is 0 Å². The van der Waals surface area contributed by atoms with E-state index in [1.54, 1.807) is 29.2 Å². The molecule has 3 heterocycles. The van der Waals surface area contributed by atoms with Gasteiger partial charge in [-0.25, -0.2) is 19.2 Å². The van der Waals surface area contributed by atoms with Crippen molar-refractivity contribution in [2.24, 2.45) is 5.10 Å². The second-order valence-corrected chi connectivity index (χ2v) is 8.51. The molecule has 2 N–H and O–H groups in total. The SMILES string of the molecule is CC(=O)CC[C@H]1CN(c2ccc(-c3ccc(N4C=NN(C(=O)C(O)CO)CC4)nc3)c(F)c2)C(=O)O1. The van der Waals surface area contributed by atoms with Gasteiger partial charge in [-0.05, 0) is 43.7 Å². The van der Waals surface area contributed by atoms with Crippen LogP contribution >= 0.6 is 0 Å². The topological polar surface area (TPSA) is 136 Å². The first-order chi connectivity index (χ1) is 17.3. The zero-order valence-corrected chi connectivity index (χ0v) is 19.6. The number of anilines is 2. The highest BCUT2D eigenvalue weighted by molar-refractivity contribution is 5.90. The third-order valence-electron chi connectivity index (χ3n) is 5.91. The van der Waals surface area contributed by atoms with Crippen LogP contribution in [0.4, 0.5) is 20.7 Å². The van der Waals surface area contributed by atoms with Gasteiger partial charge in [0.05, 0.1) is 25.4 Å². The average molecular weight is 499 g/mol. The maximum absolute atomic E-state index is 15.0. The minimum absolute atomic E-state index is 0.0158. The molecule has 12 heteroatoms. The first-order valence-electron chi connectivity index (χ1n) is 11.4. The van der Waals surface area contributed by atoms with E-state index in [0.29, 0.717) is 42.0 Å². The summed E-state index contributed by atoms with van der Waals surface area (Å²) in [6.45, 7) is 1.61. The molecule has 2 amide bonds. The highest BCUT2D eigenvalue weighted by atomic mass is 19.1. The molecule has 2 atom stereocenters. The van der Waals surface area contributed by atoms with Crippen LogP contribution in [-0.2, 0) is 14.3 Å². The summed E-state index contributed by atoms with van der Waals surface area (Å²) in [6, 6.07) is 7.84. The maximum atomic E-state index is 15.0. The lowest BCUT2D eigenvalue weighted by Crippen LogP contribution is -2.45. The number of ketones is 1. The van der Waals surface area contributed by atoms with Crippen LogP contribution in [0.25, 0.3) is 11.1 Å². The van der Waals surface area contributed by atoms with Gasteiger partial charge in [0.25, 0.3) is 5.91 Å². The van der Waals surface area contributed by atoms with Crippen molar-refractivity contribution in [2.75, 3.05) is 36.0 Å². The molecule has 2 aromatic rings. The molecule has 1 unspecified atom stereocenters. The second kappa shape index (κ2) is 10.8. The second-order valence-electron chi connectivity index (χ2n) is 8.51. The Morgan fingerprint density at radius 1 is 1.25 bits per heavy atom. The molecule has 1 aromatic heterocycles. The van der Waals surface area contributed by atoms with E-state index >= 15 is 0 Å². The van der Waals surface area contributed by atoms with Gasteiger partial charge in [-0.2, -0.15) is 5.10 Å². The smallest absolute Gasteiger partial charge is 0.414 e. The number of halogens is 1. The number of Topliss-reactive ketones (excluding diaryl/α,β-unsaturated/α-hetero) is 1. The lowest BCUT2D eigenvalue weighted by atomic mass is 10.1. The van der Waals surface area contributed by atoms with Crippen molar-refractivity contribution in [1.29, 1.82) is 0 Å². The Balaban J connectivity index is 1.42. The van der Waals surface area contributed by atoms with Gasteiger partial charge in [-0.3, -0.25) is 9.69 Å². The summed E-state index contributed by atoms with van der Waals surface area (Å²) < 4.78 is 20.3. The van der Waals surface area contributed by atoms with Gasteiger partial charge in [0.15, 0.2) is 6.10 Å². The number of hydrazone groups is 1. The quantitative estimate of drug-likeness (QED) is 0.558. The Bertz CT molecular complexity index is 1170. The minimum Gasteiger partial charge on any atom is -0.444 e. The minimum atomic E-state index is -1.52. The molecule has 190 valence electrons. The third-order valence-corrected chi connectivity index (χ3v) is 5.91. The Kier molecular flexibility index (Phi) is 7.55. The monoisotopic (exact) mass is 499 g/mol. The van der Waals surface area contributed by atoms with Crippen molar-refractivity contribution in [3.05, 3.63) is 42.3 Å². The van der Waals surface area contributed by atoms with Crippen LogP contribution in [0.3, 0.4) is 0 Å². The van der Waals surface area contributed by atoms with E-state index in [4.69, 9.17) is 9.84 Å². The van der Waals surface area contributed by atoms with Crippen LogP contribution in [-0.4, -0.2) is 82.8 Å². The van der Waals surface area contributed by atoms with Crippen molar-refractivity contribution in [3.8, 4) is 11.1 Å². The zero-order valence-electron chi connectivity index (χ0n) is 19.6. The zero-order chi connectivity index (χ0) is 25.8. The van der Waals surface area contributed by atoms with Crippen molar-refractivity contribution in [3.63, 3.8) is 0 Å². The number of pyridine rings is 1. The molecule has 1 fully saturated rings. The number of aliphatic hydroxyl groups is 2. The van der Waals surface area contributed by atoms with Gasteiger partial charge in [0, 0.05) is 30.3 Å². The number of nitrogens with zero attached hydrogens (tertiary/aromatic N) is 5. The van der Waals surface area contributed by atoms with E-state index < -0.39 is 36.6 Å². The summed E-state index contributed by atoms with van der Waals surface area (Å²) in [5, 5.41) is 23.4. The summed E-state index contributed by atoms with van der Waals surface area (Å²) in [6.07, 6.45) is 1.14. The predicted octanol–water partition coefficient (Wildman–Crippen LogP) is 1.53. The van der Waals surface area contributed by atoms with Crippen molar-refractivity contribution >= 4 is 35.6 Å². The van der Waals surface area contributed by atoms with Gasteiger partial charge in [0.1, 0.15) is 29.9 Å². The van der Waals surface area contributed by atoms with Crippen LogP contribution in [0.1, 0.15) is 19.8 Å². The molecule has 2 aliphatic heterocycles. The molecule has 1 saturated heterocycles. The molecule has 0 radical (unpaired) electrons. The fraction of sp³-hybridized carbons (Fsp3) is 0.375. The van der Waals surface area contributed by atoms with Crippen molar-refractivity contribution < 1.29 is 33.7 Å². The number of amides is 2. The number of hydrogen-bond donors (Lipinski definition) is 2. The van der Waals surface area contributed by atoms with Crippen molar-refractivity contribution in [1.82, 2.24) is 9.99 Å². The molecule has 4 rings (SSSR count). The standard InChI is InChI=1S/C24H26FN5O6/c1-15(32)2-5-18-12-29(24(35)36-18)17-4-6-19(20(25)10-17)16-3-7-22(26-11-16)28-8-9-30(27-14-28)23(34)21(33)13-31/h3-4,6-7,10-11,14,18,21,31,33H,2,5,8-9,12-13H2,1H3/t18-,21?/m0/s1. The lowest BCUT2D eigenvalue weighted by molar-refractivity contribution is -0.142. The molecule has 36 heavy (non-hydrogen) atoms. The summed E-state index contributed by atoms with van der Waals surface area (Å²) in [4.78, 5) is 42.7. The van der Waals surface area contributed by atoms with Crippen LogP contribution in [0.15, 0.2) is 41.6 Å². The molecule has 2 aliphatic rings. The number of aliphatic hydroxyl groups excluding tert-OH is 2. The number of cyclic esters (lactones) is 1. The summed E-state index contributed by atoms with van der Waals surface area (Å²) in [7, 11) is 0. The van der Waals surface area contributed by atoms with E-state index in [2.05, 4.69) is 10.1 Å². The van der Waals surface area contributed by atoms with Crippen molar-refractivity contribution in [2.45, 2.75) is 32.0 Å². The number of aromatic nitrogens is 1. The highest BCUT2D eigenvalue weighted by Crippen LogP contribution is 2.30. The fourth-order valence-electron chi connectivity index (χ4n) is 3.90. The first-order valence-corrected chi connectivity index (χ1v) is 11.4. The average Bonchev–Trinajstić information content (AvgIpc) is 3.27. The Morgan fingerprint density at radius 2 is 2.06 bits per heavy atom. The van der Waals surface area contributed by atoms with E-state index in [9.17, 15) is 23.9 Å². The Morgan fingerprint density at radius 3 is 2.67 bits per heavy atom. The van der Waals surface area contributed by atoms with Gasteiger partial charge >= 0.3 is 6.09 Å². The van der Waals surface area contributed by atoms with Gasteiger partial charge in [-0.15, -0.1) is 0 Å². The summed E-state index contributed by atoms with van der Waals surface area (Å²) in [5.74, 6) is -0.671. The van der Waals surface area contributed by atoms with Gasteiger partial charge < -0.3 is 24.6 Å². The molecular weight excluding hydrogens is 473 g/mol. The number of hydrogen-bond acceptors (Lipinski definition) is 9. The Labute approximate surface area is 206 Å². The van der Waals surface area contributed by atoms with Crippen LogP contribution in [0, 0.1) is 5.82 Å². The molecule has 0 saturated carbocycles. The van der Waals surface area contributed by atoms with E-state index in [-0.39, 0.29) is 18.9 Å². The van der Waals surface area contributed by atoms with Gasteiger partial charge in [0.2, 0.25) is 0 Å². The first kappa shape index (κ1) is 25.2. The third kappa shape index (κ3) is 5.50. The van der Waals surface area contributed by atoms with E-state index in [1.165, 1.54) is 30.4 Å². The lowest BCUT2D eigenvalue weighted by Gasteiger charge is -2.28. The normalized spacial score (nSPS) is 18.4. The number of ether oxygens (including phenoxy) is 1. The number of carbonyl (C=O) groups is 3. The molecule has 1 aromatic carbocycles. The highest BCUT2D eigenvalue weighted by Gasteiger charge is 2.32. The number of benzene rings is 1. The molecular formula is C24H26FN5O6. The maximum Gasteiger partial charge on any atom is 0.414 e. The fourth-order valence-corrected chi connectivity index (χ4v) is 3.90.